The maximum Gasteiger partial charge on any atom is 0.229 e. The van der Waals surface area contributed by atoms with E-state index in [0.717, 1.165) is 55.2 Å². The maximum atomic E-state index is 9.15. The number of nitrogens with one attached hydrogen (secondary N) is 1. The monoisotopic (exact) mass is 396 g/mol. The molecule has 0 amide bonds. The lowest BCUT2D eigenvalue weighted by Crippen LogP contribution is -2.41. The van der Waals surface area contributed by atoms with Gasteiger partial charge in [-0.05, 0) is 43.0 Å². The Balaban J connectivity index is 0.00000256. The molecule has 0 spiro atoms. The van der Waals surface area contributed by atoms with Gasteiger partial charge in [0.2, 0.25) is 5.95 Å². The van der Waals surface area contributed by atoms with Gasteiger partial charge in [-0.15, -0.1) is 0 Å². The molecule has 1 aromatic heterocycles. The smallest absolute Gasteiger partial charge is 0.229 e. The molecule has 0 bridgehead atoms. The number of anilines is 4. The van der Waals surface area contributed by atoms with Crippen molar-refractivity contribution < 1.29 is 10.9 Å². The molecular weight excluding hydrogens is 368 g/mol. The van der Waals surface area contributed by atoms with E-state index in [9.17, 15) is 0 Å². The van der Waals surface area contributed by atoms with Gasteiger partial charge in [-0.1, -0.05) is 6.92 Å². The van der Waals surface area contributed by atoms with Crippen LogP contribution in [0.15, 0.2) is 24.4 Å². The first-order chi connectivity index (χ1) is 14.2. The Morgan fingerprint density at radius 2 is 2.10 bits per heavy atom. The Bertz CT molecular complexity index is 913. The second kappa shape index (κ2) is 8.64. The number of nitrogens with zero attached hydrogens (tertiary/aromatic N) is 5. The predicted molar refractivity (Wildman–Crippen MR) is 114 cm³/mol. The highest BCUT2D eigenvalue weighted by atomic mass is 16.5. The molecule has 0 unspecified atom stereocenters. The fraction of sp³-hybridized carbons (Fsp3) is 0.476. The summed E-state index contributed by atoms with van der Waals surface area (Å²) in [5, 5.41) is 12.5. The van der Waals surface area contributed by atoms with E-state index < -0.39 is 0 Å². The Kier molecular flexibility index (Phi) is 5.79. The summed E-state index contributed by atoms with van der Waals surface area (Å²) in [7, 11) is 1.98. The highest BCUT2D eigenvalue weighted by Crippen LogP contribution is 2.33. The largest absolute Gasteiger partial charge is 0.381 e. The van der Waals surface area contributed by atoms with Gasteiger partial charge in [0.15, 0.2) is 5.82 Å². The number of hydrogen-bond acceptors (Lipinski definition) is 8. The van der Waals surface area contributed by atoms with Crippen molar-refractivity contribution in [2.45, 2.75) is 32.2 Å². The van der Waals surface area contributed by atoms with Crippen LogP contribution in [0.5, 0.6) is 0 Å². The van der Waals surface area contributed by atoms with Gasteiger partial charge in [-0.25, -0.2) is 4.98 Å². The SMILES string of the molecule is CCc1cc(C#N)ccc1Nc1ncc2c(n1)N(C1CCOCC1)COCN2C.[HH]. The number of rotatable bonds is 4. The minimum Gasteiger partial charge on any atom is -0.381 e. The first-order valence-electron chi connectivity index (χ1n) is 10.00. The summed E-state index contributed by atoms with van der Waals surface area (Å²) in [5.41, 5.74) is 3.58. The van der Waals surface area contributed by atoms with Gasteiger partial charge >= 0.3 is 0 Å². The van der Waals surface area contributed by atoms with Gasteiger partial charge in [0.05, 0.1) is 17.8 Å². The topological polar surface area (TPSA) is 86.5 Å². The predicted octanol–water partition coefficient (Wildman–Crippen LogP) is 3.27. The normalized spacial score (nSPS) is 17.4. The number of aromatic nitrogens is 2. The van der Waals surface area contributed by atoms with Gasteiger partial charge < -0.3 is 24.6 Å². The summed E-state index contributed by atoms with van der Waals surface area (Å²) >= 11 is 0. The Hall–Kier alpha value is -2.89. The van der Waals surface area contributed by atoms with Crippen molar-refractivity contribution in [1.82, 2.24) is 9.97 Å². The molecule has 1 fully saturated rings. The molecule has 154 valence electrons. The van der Waals surface area contributed by atoms with E-state index in [1.807, 2.05) is 30.3 Å². The van der Waals surface area contributed by atoms with Gasteiger partial charge in [0.25, 0.3) is 0 Å². The third kappa shape index (κ3) is 4.11. The van der Waals surface area contributed by atoms with Crippen LogP contribution in [0.3, 0.4) is 0 Å². The fourth-order valence-electron chi connectivity index (χ4n) is 3.79. The average molecular weight is 396 g/mol. The van der Waals surface area contributed by atoms with Crippen LogP contribution in [0.4, 0.5) is 23.1 Å². The summed E-state index contributed by atoms with van der Waals surface area (Å²) < 4.78 is 11.4. The zero-order valence-corrected chi connectivity index (χ0v) is 16.9. The Labute approximate surface area is 172 Å². The summed E-state index contributed by atoms with van der Waals surface area (Å²) in [6.45, 7) is 4.58. The van der Waals surface area contributed by atoms with E-state index >= 15 is 0 Å². The highest BCUT2D eigenvalue weighted by Gasteiger charge is 2.29. The van der Waals surface area contributed by atoms with Crippen LogP contribution < -0.4 is 15.1 Å². The molecule has 2 aliphatic heterocycles. The summed E-state index contributed by atoms with van der Waals surface area (Å²) in [5.74, 6) is 1.41. The fourth-order valence-corrected chi connectivity index (χ4v) is 3.79. The van der Waals surface area contributed by atoms with Crippen LogP contribution >= 0.6 is 0 Å². The first-order valence-corrected chi connectivity index (χ1v) is 10.00. The van der Waals surface area contributed by atoms with Crippen LogP contribution in [0.25, 0.3) is 0 Å². The van der Waals surface area contributed by atoms with Crippen molar-refractivity contribution in [3.8, 4) is 6.07 Å². The molecule has 0 radical (unpaired) electrons. The lowest BCUT2D eigenvalue weighted by Gasteiger charge is -2.34. The molecule has 29 heavy (non-hydrogen) atoms. The number of aryl methyl sites for hydroxylation is 1. The maximum absolute atomic E-state index is 9.15. The number of benzene rings is 1. The molecule has 0 aliphatic carbocycles. The third-order valence-electron chi connectivity index (χ3n) is 5.44. The number of ether oxygens (including phenoxy) is 2. The van der Waals surface area contributed by atoms with Crippen LogP contribution in [0, 0.1) is 11.3 Å². The molecule has 4 rings (SSSR count). The second-order valence-corrected chi connectivity index (χ2v) is 7.34. The molecule has 1 N–H and O–H groups in total. The highest BCUT2D eigenvalue weighted by molar-refractivity contribution is 5.70. The quantitative estimate of drug-likeness (QED) is 0.843. The molecule has 1 aromatic carbocycles. The van der Waals surface area contributed by atoms with Gasteiger partial charge in [0, 0.05) is 33.4 Å². The van der Waals surface area contributed by atoms with Crippen LogP contribution in [-0.4, -0.2) is 49.7 Å². The van der Waals surface area contributed by atoms with Crippen molar-refractivity contribution in [3.05, 3.63) is 35.5 Å². The van der Waals surface area contributed by atoms with Crippen molar-refractivity contribution in [3.63, 3.8) is 0 Å². The van der Waals surface area contributed by atoms with Crippen molar-refractivity contribution in [2.24, 2.45) is 0 Å². The average Bonchev–Trinajstić information content (AvgIpc) is 2.93. The number of fused-ring (bicyclic) bond motifs is 1. The van der Waals surface area contributed by atoms with E-state index in [-0.39, 0.29) is 1.43 Å². The molecule has 1 saturated heterocycles. The van der Waals surface area contributed by atoms with Gasteiger partial charge in [0.1, 0.15) is 19.1 Å². The molecule has 0 atom stereocenters. The molecule has 8 nitrogen and oxygen atoms in total. The molecule has 8 heteroatoms. The van der Waals surface area contributed by atoms with E-state index in [4.69, 9.17) is 19.7 Å². The van der Waals surface area contributed by atoms with Crippen molar-refractivity contribution in [1.29, 1.82) is 5.26 Å². The van der Waals surface area contributed by atoms with E-state index in [1.165, 1.54) is 0 Å². The zero-order valence-electron chi connectivity index (χ0n) is 16.9. The molecular formula is C21H28N6O2. The van der Waals surface area contributed by atoms with Crippen LogP contribution in [0.2, 0.25) is 0 Å². The van der Waals surface area contributed by atoms with E-state index in [2.05, 4.69) is 28.2 Å². The molecule has 3 heterocycles. The second-order valence-electron chi connectivity index (χ2n) is 7.34. The third-order valence-corrected chi connectivity index (χ3v) is 5.44. The van der Waals surface area contributed by atoms with E-state index in [0.29, 0.717) is 31.0 Å². The van der Waals surface area contributed by atoms with Crippen LogP contribution in [0.1, 0.15) is 32.3 Å². The van der Waals surface area contributed by atoms with Crippen LogP contribution in [-0.2, 0) is 15.9 Å². The molecule has 0 saturated carbocycles. The summed E-state index contributed by atoms with van der Waals surface area (Å²) in [4.78, 5) is 13.7. The Morgan fingerprint density at radius 3 is 2.86 bits per heavy atom. The van der Waals surface area contributed by atoms with Gasteiger partial charge in [-0.3, -0.25) is 0 Å². The summed E-state index contributed by atoms with van der Waals surface area (Å²) in [6, 6.07) is 8.15. The van der Waals surface area contributed by atoms with Crippen molar-refractivity contribution >= 4 is 23.1 Å². The Morgan fingerprint density at radius 1 is 1.28 bits per heavy atom. The lowest BCUT2D eigenvalue weighted by atomic mass is 10.1. The first kappa shape index (κ1) is 19.4. The van der Waals surface area contributed by atoms with E-state index in [1.54, 1.807) is 6.07 Å². The number of hydrogen-bond donors (Lipinski definition) is 1. The zero-order chi connectivity index (χ0) is 20.2. The minimum atomic E-state index is 0. The molecule has 2 aromatic rings. The van der Waals surface area contributed by atoms with Gasteiger partial charge in [-0.2, -0.15) is 10.2 Å². The summed E-state index contributed by atoms with van der Waals surface area (Å²) in [6.07, 6.45) is 4.57. The standard InChI is InChI=1S/C21H26N6O2.H2/c1-3-16-10-15(11-22)4-5-18(16)24-21-23-12-19-20(25-21)27(14-29-13-26(19)2)17-6-8-28-9-7-17;/h4-5,10,12,17H,3,6-9,13-14H2,1-2H3,(H,23,24,25);1H. The lowest BCUT2D eigenvalue weighted by molar-refractivity contribution is 0.0713. The number of nitriles is 1. The molecule has 2 aliphatic rings. The van der Waals surface area contributed by atoms with Crippen molar-refractivity contribution in [2.75, 3.05) is 48.8 Å². The minimum absolute atomic E-state index is 0.